The van der Waals surface area contributed by atoms with Crippen molar-refractivity contribution in [3.05, 3.63) is 35.5 Å². The number of nitrogens with zero attached hydrogens (tertiary/aromatic N) is 1. The number of anilines is 1. The van der Waals surface area contributed by atoms with Gasteiger partial charge in [0.1, 0.15) is 0 Å². The lowest BCUT2D eigenvalue weighted by Gasteiger charge is -2.11. The minimum atomic E-state index is 0.475. The number of nitrogens with two attached hydrogens (primary N) is 1. The van der Waals surface area contributed by atoms with Crippen molar-refractivity contribution >= 4 is 16.6 Å². The van der Waals surface area contributed by atoms with Crippen LogP contribution in [0.15, 0.2) is 24.3 Å². The van der Waals surface area contributed by atoms with Crippen LogP contribution in [0.2, 0.25) is 0 Å². The molecule has 0 fully saturated rings. The Balaban J connectivity index is 2.79. The van der Waals surface area contributed by atoms with Crippen molar-refractivity contribution in [2.24, 2.45) is 0 Å². The van der Waals surface area contributed by atoms with Crippen molar-refractivity contribution in [2.45, 2.75) is 33.1 Å². The summed E-state index contributed by atoms with van der Waals surface area (Å²) in [5.41, 5.74) is 10.3. The monoisotopic (exact) mass is 214 g/mol. The molecule has 0 saturated carbocycles. The normalized spacial score (nSPS) is 11.2. The summed E-state index contributed by atoms with van der Waals surface area (Å²) < 4.78 is 0. The Kier molecular flexibility index (Phi) is 2.82. The number of benzene rings is 1. The fourth-order valence-electron chi connectivity index (χ4n) is 2.00. The van der Waals surface area contributed by atoms with Crippen LogP contribution >= 0.6 is 0 Å². The minimum absolute atomic E-state index is 0.475. The molecular weight excluding hydrogens is 196 g/mol. The molecule has 2 heteroatoms. The topological polar surface area (TPSA) is 38.9 Å². The molecule has 0 unspecified atom stereocenters. The van der Waals surface area contributed by atoms with Crippen LogP contribution in [0.25, 0.3) is 10.9 Å². The average molecular weight is 214 g/mol. The molecule has 16 heavy (non-hydrogen) atoms. The summed E-state index contributed by atoms with van der Waals surface area (Å²) in [6.45, 7) is 6.47. The molecule has 0 aliphatic carbocycles. The highest BCUT2D eigenvalue weighted by Gasteiger charge is 2.09. The Hall–Kier alpha value is -1.57. The van der Waals surface area contributed by atoms with E-state index in [1.54, 1.807) is 0 Å². The Labute approximate surface area is 96.5 Å². The summed E-state index contributed by atoms with van der Waals surface area (Å²) in [5.74, 6) is 0.475. The molecule has 84 valence electrons. The van der Waals surface area contributed by atoms with E-state index in [1.165, 1.54) is 5.56 Å². The van der Waals surface area contributed by atoms with Crippen LogP contribution in [0.1, 0.15) is 37.9 Å². The van der Waals surface area contributed by atoms with Gasteiger partial charge in [-0.1, -0.05) is 39.0 Å². The number of aryl methyl sites for hydroxylation is 1. The van der Waals surface area contributed by atoms with Crippen molar-refractivity contribution in [1.29, 1.82) is 0 Å². The Morgan fingerprint density at radius 2 is 2.06 bits per heavy atom. The van der Waals surface area contributed by atoms with Gasteiger partial charge in [-0.3, -0.25) is 4.98 Å². The zero-order valence-corrected chi connectivity index (χ0v) is 10.1. The Bertz CT molecular complexity index is 515. The van der Waals surface area contributed by atoms with E-state index in [2.05, 4.69) is 32.9 Å². The second kappa shape index (κ2) is 4.12. The van der Waals surface area contributed by atoms with E-state index < -0.39 is 0 Å². The molecule has 0 spiro atoms. The van der Waals surface area contributed by atoms with Gasteiger partial charge in [0.05, 0.1) is 5.52 Å². The minimum Gasteiger partial charge on any atom is -0.398 e. The molecule has 0 bridgehead atoms. The van der Waals surface area contributed by atoms with Crippen LogP contribution in [0.5, 0.6) is 0 Å². The van der Waals surface area contributed by atoms with E-state index in [0.29, 0.717) is 5.92 Å². The molecule has 0 atom stereocenters. The molecule has 0 aliphatic rings. The third kappa shape index (κ3) is 1.75. The third-order valence-electron chi connectivity index (χ3n) is 2.94. The summed E-state index contributed by atoms with van der Waals surface area (Å²) in [5, 5.41) is 1.07. The molecule has 2 aromatic rings. The van der Waals surface area contributed by atoms with Gasteiger partial charge in [-0.15, -0.1) is 0 Å². The number of hydrogen-bond donors (Lipinski definition) is 1. The van der Waals surface area contributed by atoms with Gasteiger partial charge in [0, 0.05) is 16.8 Å². The molecular formula is C14H18N2. The summed E-state index contributed by atoms with van der Waals surface area (Å²) >= 11 is 0. The average Bonchev–Trinajstić information content (AvgIpc) is 2.28. The van der Waals surface area contributed by atoms with Crippen LogP contribution in [-0.2, 0) is 6.42 Å². The maximum absolute atomic E-state index is 6.06. The smallest absolute Gasteiger partial charge is 0.0760 e. The van der Waals surface area contributed by atoms with E-state index >= 15 is 0 Å². The number of para-hydroxylation sites is 1. The molecule has 1 aromatic heterocycles. The van der Waals surface area contributed by atoms with Crippen molar-refractivity contribution in [2.75, 3.05) is 5.73 Å². The molecule has 0 amide bonds. The van der Waals surface area contributed by atoms with Crippen LogP contribution in [-0.4, -0.2) is 4.98 Å². The number of pyridine rings is 1. The predicted octanol–water partition coefficient (Wildman–Crippen LogP) is 3.50. The zero-order chi connectivity index (χ0) is 11.7. The molecule has 1 aromatic carbocycles. The van der Waals surface area contributed by atoms with Gasteiger partial charge in [0.15, 0.2) is 0 Å². The van der Waals surface area contributed by atoms with Gasteiger partial charge in [-0.2, -0.15) is 0 Å². The molecule has 2 N–H and O–H groups in total. The van der Waals surface area contributed by atoms with Gasteiger partial charge in [0.25, 0.3) is 0 Å². The molecule has 0 radical (unpaired) electrons. The standard InChI is InChI=1S/C14H18N2/c1-4-10-8-13(15)12-7-5-6-11(9(2)3)14(12)16-10/h5-9H,4H2,1-3H3,(H2,15,16). The van der Waals surface area contributed by atoms with Gasteiger partial charge in [-0.05, 0) is 24.0 Å². The van der Waals surface area contributed by atoms with Crippen molar-refractivity contribution < 1.29 is 0 Å². The van der Waals surface area contributed by atoms with Crippen molar-refractivity contribution in [3.8, 4) is 0 Å². The lowest BCUT2D eigenvalue weighted by molar-refractivity contribution is 0.871. The molecule has 0 aliphatic heterocycles. The Morgan fingerprint density at radius 1 is 1.31 bits per heavy atom. The molecule has 0 saturated heterocycles. The van der Waals surface area contributed by atoms with Crippen LogP contribution in [0, 0.1) is 0 Å². The maximum Gasteiger partial charge on any atom is 0.0760 e. The first-order valence-corrected chi connectivity index (χ1v) is 5.81. The van der Waals surface area contributed by atoms with Crippen molar-refractivity contribution in [1.82, 2.24) is 4.98 Å². The highest BCUT2D eigenvalue weighted by atomic mass is 14.7. The number of rotatable bonds is 2. The number of hydrogen-bond acceptors (Lipinski definition) is 2. The van der Waals surface area contributed by atoms with Crippen LogP contribution in [0.4, 0.5) is 5.69 Å². The van der Waals surface area contributed by atoms with Crippen LogP contribution in [0.3, 0.4) is 0 Å². The first-order valence-electron chi connectivity index (χ1n) is 5.81. The number of fused-ring (bicyclic) bond motifs is 1. The van der Waals surface area contributed by atoms with Crippen LogP contribution < -0.4 is 5.73 Å². The predicted molar refractivity (Wildman–Crippen MR) is 69.6 cm³/mol. The van der Waals surface area contributed by atoms with E-state index in [1.807, 2.05) is 12.1 Å². The van der Waals surface area contributed by atoms with E-state index in [9.17, 15) is 0 Å². The highest BCUT2D eigenvalue weighted by Crippen LogP contribution is 2.27. The largest absolute Gasteiger partial charge is 0.398 e. The highest BCUT2D eigenvalue weighted by molar-refractivity contribution is 5.92. The molecule has 2 nitrogen and oxygen atoms in total. The van der Waals surface area contributed by atoms with E-state index in [0.717, 1.165) is 28.7 Å². The fraction of sp³-hybridized carbons (Fsp3) is 0.357. The van der Waals surface area contributed by atoms with Gasteiger partial charge < -0.3 is 5.73 Å². The number of aromatic nitrogens is 1. The second-order valence-corrected chi connectivity index (χ2v) is 4.45. The quantitative estimate of drug-likeness (QED) is 0.831. The molecule has 1 heterocycles. The van der Waals surface area contributed by atoms with Gasteiger partial charge in [-0.25, -0.2) is 0 Å². The second-order valence-electron chi connectivity index (χ2n) is 4.45. The first-order chi connectivity index (χ1) is 7.63. The van der Waals surface area contributed by atoms with Gasteiger partial charge in [0.2, 0.25) is 0 Å². The molecule has 2 rings (SSSR count). The third-order valence-corrected chi connectivity index (χ3v) is 2.94. The Morgan fingerprint density at radius 3 is 2.69 bits per heavy atom. The fourth-order valence-corrected chi connectivity index (χ4v) is 2.00. The van der Waals surface area contributed by atoms with E-state index in [4.69, 9.17) is 10.7 Å². The lowest BCUT2D eigenvalue weighted by atomic mass is 9.98. The first kappa shape index (κ1) is 10.9. The summed E-state index contributed by atoms with van der Waals surface area (Å²) in [4.78, 5) is 4.70. The van der Waals surface area contributed by atoms with E-state index in [-0.39, 0.29) is 0 Å². The lowest BCUT2D eigenvalue weighted by Crippen LogP contribution is -1.98. The number of nitrogen functional groups attached to an aromatic ring is 1. The summed E-state index contributed by atoms with van der Waals surface area (Å²) in [6, 6.07) is 8.22. The maximum atomic E-state index is 6.06. The summed E-state index contributed by atoms with van der Waals surface area (Å²) in [7, 11) is 0. The van der Waals surface area contributed by atoms with Gasteiger partial charge >= 0.3 is 0 Å². The van der Waals surface area contributed by atoms with Crippen molar-refractivity contribution in [3.63, 3.8) is 0 Å². The SMILES string of the molecule is CCc1cc(N)c2cccc(C(C)C)c2n1. The zero-order valence-electron chi connectivity index (χ0n) is 10.1. The summed E-state index contributed by atoms with van der Waals surface area (Å²) in [6.07, 6.45) is 0.923.